The monoisotopic (exact) mass is 387 g/mol. The summed E-state index contributed by atoms with van der Waals surface area (Å²) < 4.78 is 5.38. The minimum atomic E-state index is -0.162. The van der Waals surface area contributed by atoms with Gasteiger partial charge in [-0.2, -0.15) is 0 Å². The van der Waals surface area contributed by atoms with Gasteiger partial charge in [0, 0.05) is 24.1 Å². The van der Waals surface area contributed by atoms with Crippen LogP contribution in [0.5, 0.6) is 5.75 Å². The van der Waals surface area contributed by atoms with Crippen molar-refractivity contribution >= 4 is 17.4 Å². The van der Waals surface area contributed by atoms with Crippen molar-refractivity contribution in [2.45, 2.75) is 26.2 Å². The molecular formula is C25H25NO3. The minimum Gasteiger partial charge on any atom is -0.494 e. The molecule has 3 rings (SSSR count). The van der Waals surface area contributed by atoms with E-state index in [0.29, 0.717) is 12.2 Å². The number of Topliss-reactive ketones (excluding diaryl/α,β-unsaturated/α-hetero) is 1. The van der Waals surface area contributed by atoms with Crippen LogP contribution < -0.4 is 10.1 Å². The summed E-state index contributed by atoms with van der Waals surface area (Å²) in [5.41, 5.74) is 3.60. The number of hydrogen-bond donors (Lipinski definition) is 1. The average Bonchev–Trinajstić information content (AvgIpc) is 2.75. The molecule has 0 aliphatic rings. The smallest absolute Gasteiger partial charge is 0.224 e. The lowest BCUT2D eigenvalue weighted by molar-refractivity contribution is -0.116. The van der Waals surface area contributed by atoms with Gasteiger partial charge in [-0.05, 0) is 54.8 Å². The van der Waals surface area contributed by atoms with Crippen molar-refractivity contribution in [3.8, 4) is 5.75 Å². The standard InChI is InChI=1S/C25H25NO3/c1-2-29-22-14-12-20(13-15-22)24(27)16-17-25(28)26-23-11-7-6-10-21(23)18-19-8-4-3-5-9-19/h3-15H,2,16-18H2,1H3,(H,26,28). The summed E-state index contributed by atoms with van der Waals surface area (Å²) in [6, 6.07) is 24.9. The molecule has 4 heteroatoms. The van der Waals surface area contributed by atoms with E-state index in [1.54, 1.807) is 24.3 Å². The van der Waals surface area contributed by atoms with Gasteiger partial charge in [0.2, 0.25) is 5.91 Å². The third-order valence-electron chi connectivity index (χ3n) is 4.60. The maximum Gasteiger partial charge on any atom is 0.224 e. The average molecular weight is 387 g/mol. The Kier molecular flexibility index (Phi) is 7.17. The van der Waals surface area contributed by atoms with Crippen molar-refractivity contribution in [3.63, 3.8) is 0 Å². The van der Waals surface area contributed by atoms with E-state index in [9.17, 15) is 9.59 Å². The number of nitrogens with one attached hydrogen (secondary N) is 1. The van der Waals surface area contributed by atoms with E-state index in [0.717, 1.165) is 23.4 Å². The summed E-state index contributed by atoms with van der Waals surface area (Å²) >= 11 is 0. The van der Waals surface area contributed by atoms with E-state index in [1.807, 2.05) is 49.4 Å². The molecule has 0 fully saturated rings. The van der Waals surface area contributed by atoms with Gasteiger partial charge in [-0.25, -0.2) is 0 Å². The maximum atomic E-state index is 12.4. The lowest BCUT2D eigenvalue weighted by atomic mass is 10.0. The van der Waals surface area contributed by atoms with Gasteiger partial charge < -0.3 is 10.1 Å². The van der Waals surface area contributed by atoms with E-state index in [1.165, 1.54) is 5.56 Å². The van der Waals surface area contributed by atoms with E-state index < -0.39 is 0 Å². The Morgan fingerprint density at radius 2 is 1.52 bits per heavy atom. The molecule has 0 saturated heterocycles. The molecule has 0 heterocycles. The summed E-state index contributed by atoms with van der Waals surface area (Å²) in [6.45, 7) is 2.49. The number of ketones is 1. The van der Waals surface area contributed by atoms with Gasteiger partial charge >= 0.3 is 0 Å². The molecule has 0 bridgehead atoms. The van der Waals surface area contributed by atoms with Gasteiger partial charge in [0.1, 0.15) is 5.75 Å². The van der Waals surface area contributed by atoms with Crippen LogP contribution in [0.4, 0.5) is 5.69 Å². The zero-order chi connectivity index (χ0) is 20.5. The lowest BCUT2D eigenvalue weighted by Gasteiger charge is -2.11. The largest absolute Gasteiger partial charge is 0.494 e. The predicted octanol–water partition coefficient (Wildman–Crippen LogP) is 5.28. The molecule has 0 aliphatic heterocycles. The predicted molar refractivity (Wildman–Crippen MR) is 115 cm³/mol. The fraction of sp³-hybridized carbons (Fsp3) is 0.200. The first kappa shape index (κ1) is 20.3. The van der Waals surface area contributed by atoms with Gasteiger partial charge in [0.15, 0.2) is 5.78 Å². The van der Waals surface area contributed by atoms with Gasteiger partial charge in [-0.1, -0.05) is 48.5 Å². The number of para-hydroxylation sites is 1. The molecule has 0 unspecified atom stereocenters. The minimum absolute atomic E-state index is 0.0548. The highest BCUT2D eigenvalue weighted by atomic mass is 16.5. The van der Waals surface area contributed by atoms with E-state index in [4.69, 9.17) is 4.74 Å². The molecule has 148 valence electrons. The Bertz CT molecular complexity index is 949. The van der Waals surface area contributed by atoms with Crippen molar-refractivity contribution in [2.75, 3.05) is 11.9 Å². The molecule has 0 atom stereocenters. The molecule has 0 radical (unpaired) electrons. The molecule has 3 aromatic rings. The molecular weight excluding hydrogens is 362 g/mol. The quantitative estimate of drug-likeness (QED) is 0.508. The second-order valence-electron chi connectivity index (χ2n) is 6.75. The van der Waals surface area contributed by atoms with Gasteiger partial charge in [0.05, 0.1) is 6.61 Å². The number of anilines is 1. The topological polar surface area (TPSA) is 55.4 Å². The SMILES string of the molecule is CCOc1ccc(C(=O)CCC(=O)Nc2ccccc2Cc2ccccc2)cc1. The third-order valence-corrected chi connectivity index (χ3v) is 4.60. The molecule has 0 spiro atoms. The van der Waals surface area contributed by atoms with Gasteiger partial charge in [-0.3, -0.25) is 9.59 Å². The Morgan fingerprint density at radius 3 is 2.24 bits per heavy atom. The fourth-order valence-corrected chi connectivity index (χ4v) is 3.10. The normalized spacial score (nSPS) is 10.4. The number of ether oxygens (including phenoxy) is 1. The first-order valence-electron chi connectivity index (χ1n) is 9.83. The Labute approximate surface area is 171 Å². The molecule has 0 saturated carbocycles. The number of amides is 1. The van der Waals surface area contributed by atoms with Crippen molar-refractivity contribution in [3.05, 3.63) is 95.6 Å². The van der Waals surface area contributed by atoms with Crippen molar-refractivity contribution < 1.29 is 14.3 Å². The number of carbonyl (C=O) groups is 2. The van der Waals surface area contributed by atoms with Gasteiger partial charge in [0.25, 0.3) is 0 Å². The third kappa shape index (κ3) is 6.04. The maximum absolute atomic E-state index is 12.4. The van der Waals surface area contributed by atoms with Crippen LogP contribution in [0.2, 0.25) is 0 Å². The van der Waals surface area contributed by atoms with Crippen LogP contribution in [0, 0.1) is 0 Å². The van der Waals surface area contributed by atoms with Crippen molar-refractivity contribution in [2.24, 2.45) is 0 Å². The van der Waals surface area contributed by atoms with E-state index >= 15 is 0 Å². The number of hydrogen-bond acceptors (Lipinski definition) is 3. The molecule has 3 aromatic carbocycles. The van der Waals surface area contributed by atoms with Crippen molar-refractivity contribution in [1.82, 2.24) is 0 Å². The van der Waals surface area contributed by atoms with Crippen LogP contribution in [0.1, 0.15) is 41.3 Å². The molecule has 4 nitrogen and oxygen atoms in total. The lowest BCUT2D eigenvalue weighted by Crippen LogP contribution is -2.14. The second-order valence-corrected chi connectivity index (χ2v) is 6.75. The fourth-order valence-electron chi connectivity index (χ4n) is 3.10. The van der Waals surface area contributed by atoms with Crippen LogP contribution >= 0.6 is 0 Å². The first-order valence-corrected chi connectivity index (χ1v) is 9.83. The van der Waals surface area contributed by atoms with Crippen LogP contribution in [-0.2, 0) is 11.2 Å². The highest BCUT2D eigenvalue weighted by Crippen LogP contribution is 2.20. The molecule has 1 amide bonds. The van der Waals surface area contributed by atoms with Crippen LogP contribution in [0.3, 0.4) is 0 Å². The van der Waals surface area contributed by atoms with E-state index in [-0.39, 0.29) is 24.5 Å². The zero-order valence-corrected chi connectivity index (χ0v) is 16.6. The van der Waals surface area contributed by atoms with E-state index in [2.05, 4.69) is 17.4 Å². The summed E-state index contributed by atoms with van der Waals surface area (Å²) in [4.78, 5) is 24.8. The highest BCUT2D eigenvalue weighted by molar-refractivity contribution is 6.00. The summed E-state index contributed by atoms with van der Waals surface area (Å²) in [5, 5.41) is 2.95. The number of benzene rings is 3. The number of rotatable bonds is 9. The second kappa shape index (κ2) is 10.2. The van der Waals surface area contributed by atoms with Crippen LogP contribution in [0.15, 0.2) is 78.9 Å². The Balaban J connectivity index is 1.56. The highest BCUT2D eigenvalue weighted by Gasteiger charge is 2.11. The summed E-state index contributed by atoms with van der Waals surface area (Å²) in [5.74, 6) is 0.516. The van der Waals surface area contributed by atoms with Crippen LogP contribution in [0.25, 0.3) is 0 Å². The molecule has 0 aliphatic carbocycles. The summed E-state index contributed by atoms with van der Waals surface area (Å²) in [6.07, 6.45) is 1.05. The number of carbonyl (C=O) groups excluding carboxylic acids is 2. The molecule has 1 N–H and O–H groups in total. The first-order chi connectivity index (χ1) is 14.2. The summed E-state index contributed by atoms with van der Waals surface area (Å²) in [7, 11) is 0. The molecule has 0 aromatic heterocycles. The zero-order valence-electron chi connectivity index (χ0n) is 16.6. The van der Waals surface area contributed by atoms with Crippen molar-refractivity contribution in [1.29, 1.82) is 0 Å². The van der Waals surface area contributed by atoms with Gasteiger partial charge in [-0.15, -0.1) is 0 Å². The van der Waals surface area contributed by atoms with Crippen LogP contribution in [-0.4, -0.2) is 18.3 Å². The molecule has 29 heavy (non-hydrogen) atoms. The Hall–Kier alpha value is -3.40. The Morgan fingerprint density at radius 1 is 0.828 bits per heavy atom.